The van der Waals surface area contributed by atoms with Crippen molar-refractivity contribution in [3.8, 4) is 0 Å². The van der Waals surface area contributed by atoms with E-state index in [0.29, 0.717) is 0 Å². The summed E-state index contributed by atoms with van der Waals surface area (Å²) in [6.07, 6.45) is 8.45. The first kappa shape index (κ1) is 9.86. The molecule has 2 atom stereocenters. The molecule has 0 aromatic heterocycles. The quantitative estimate of drug-likeness (QED) is 0.665. The average molecular weight is 207 g/mol. The molecule has 3 aliphatic rings. The molecule has 2 nitrogen and oxygen atoms in total. The Morgan fingerprint density at radius 1 is 1.00 bits per heavy atom. The lowest BCUT2D eigenvalue weighted by atomic mass is 9.92. The average Bonchev–Trinajstić information content (AvgIpc) is 2.84. The molecular formula is C13H21NO. The summed E-state index contributed by atoms with van der Waals surface area (Å²) in [6, 6.07) is 0.794. The Morgan fingerprint density at radius 3 is 2.53 bits per heavy atom. The van der Waals surface area contributed by atoms with Crippen molar-refractivity contribution in [2.75, 3.05) is 13.1 Å². The molecule has 0 aromatic carbocycles. The van der Waals surface area contributed by atoms with Crippen molar-refractivity contribution in [2.45, 2.75) is 57.1 Å². The fraction of sp³-hybridized carbons (Fsp3) is 0.846. The molecule has 0 aromatic rings. The SMILES string of the molecule is O[C@@H]1CCC2=C(C1)C[C@H](N1CCCC1)C2. The molecule has 1 N–H and O–H groups in total. The van der Waals surface area contributed by atoms with Crippen molar-refractivity contribution in [3.63, 3.8) is 0 Å². The normalized spacial score (nSPS) is 37.4. The lowest BCUT2D eigenvalue weighted by molar-refractivity contribution is 0.158. The fourth-order valence-electron chi connectivity index (χ4n) is 3.53. The van der Waals surface area contributed by atoms with Gasteiger partial charge in [-0.15, -0.1) is 0 Å². The van der Waals surface area contributed by atoms with Gasteiger partial charge in [0.15, 0.2) is 0 Å². The van der Waals surface area contributed by atoms with Gasteiger partial charge in [-0.3, -0.25) is 4.90 Å². The number of aliphatic hydroxyl groups is 1. The van der Waals surface area contributed by atoms with Gasteiger partial charge >= 0.3 is 0 Å². The number of nitrogens with zero attached hydrogens (tertiary/aromatic N) is 1. The summed E-state index contributed by atoms with van der Waals surface area (Å²) in [5, 5.41) is 9.66. The van der Waals surface area contributed by atoms with Crippen LogP contribution < -0.4 is 0 Å². The monoisotopic (exact) mass is 207 g/mol. The van der Waals surface area contributed by atoms with Gasteiger partial charge < -0.3 is 5.11 Å². The topological polar surface area (TPSA) is 23.5 Å². The van der Waals surface area contributed by atoms with Gasteiger partial charge in [0.05, 0.1) is 6.10 Å². The van der Waals surface area contributed by atoms with E-state index in [-0.39, 0.29) is 6.10 Å². The number of aliphatic hydroxyl groups excluding tert-OH is 1. The van der Waals surface area contributed by atoms with Crippen LogP contribution in [0.2, 0.25) is 0 Å². The van der Waals surface area contributed by atoms with E-state index < -0.39 is 0 Å². The molecule has 1 heterocycles. The van der Waals surface area contributed by atoms with Crippen LogP contribution >= 0.6 is 0 Å². The Hall–Kier alpha value is -0.340. The second kappa shape index (κ2) is 3.91. The molecule has 2 heteroatoms. The highest BCUT2D eigenvalue weighted by Gasteiger charge is 2.32. The second-order valence-electron chi connectivity index (χ2n) is 5.41. The van der Waals surface area contributed by atoms with E-state index in [1.807, 2.05) is 0 Å². The maximum Gasteiger partial charge on any atom is 0.0580 e. The first-order valence-electron chi connectivity index (χ1n) is 6.45. The molecule has 0 saturated carbocycles. The molecule has 0 amide bonds. The Kier molecular flexibility index (Phi) is 2.57. The van der Waals surface area contributed by atoms with Gasteiger partial charge in [-0.1, -0.05) is 11.1 Å². The van der Waals surface area contributed by atoms with Crippen LogP contribution in [0.5, 0.6) is 0 Å². The molecule has 0 unspecified atom stereocenters. The molecule has 0 bridgehead atoms. The lowest BCUT2D eigenvalue weighted by Crippen LogP contribution is -2.30. The van der Waals surface area contributed by atoms with Gasteiger partial charge in [-0.25, -0.2) is 0 Å². The Morgan fingerprint density at radius 2 is 1.73 bits per heavy atom. The van der Waals surface area contributed by atoms with Crippen molar-refractivity contribution in [2.24, 2.45) is 0 Å². The third-order valence-electron chi connectivity index (χ3n) is 4.38. The molecule has 15 heavy (non-hydrogen) atoms. The number of hydrogen-bond donors (Lipinski definition) is 1. The molecule has 1 fully saturated rings. The van der Waals surface area contributed by atoms with E-state index >= 15 is 0 Å². The van der Waals surface area contributed by atoms with Crippen molar-refractivity contribution in [3.05, 3.63) is 11.1 Å². The van der Waals surface area contributed by atoms with Crippen molar-refractivity contribution in [1.82, 2.24) is 4.90 Å². The highest BCUT2D eigenvalue weighted by Crippen LogP contribution is 2.39. The predicted octanol–water partition coefficient (Wildman–Crippen LogP) is 2.09. The Bertz CT molecular complexity index is 278. The molecule has 1 aliphatic heterocycles. The summed E-state index contributed by atoms with van der Waals surface area (Å²) in [5.74, 6) is 0. The minimum atomic E-state index is -0.0407. The standard InChI is InChI=1S/C13H21NO/c15-13-4-3-10-7-12(8-11(10)9-13)14-5-1-2-6-14/h12-13,15H,1-9H2/t12-,13-/m1/s1. The number of hydrogen-bond acceptors (Lipinski definition) is 2. The number of rotatable bonds is 1. The highest BCUT2D eigenvalue weighted by molar-refractivity contribution is 5.26. The van der Waals surface area contributed by atoms with Gasteiger partial charge in [0.25, 0.3) is 0 Å². The summed E-state index contributed by atoms with van der Waals surface area (Å²) in [6.45, 7) is 2.63. The van der Waals surface area contributed by atoms with E-state index in [1.54, 1.807) is 11.1 Å². The van der Waals surface area contributed by atoms with Crippen molar-refractivity contribution >= 4 is 0 Å². The third kappa shape index (κ3) is 1.85. The Balaban J connectivity index is 1.65. The molecule has 2 aliphatic carbocycles. The first-order chi connectivity index (χ1) is 7.33. The van der Waals surface area contributed by atoms with Crippen LogP contribution in [-0.4, -0.2) is 35.2 Å². The molecule has 84 valence electrons. The molecule has 0 radical (unpaired) electrons. The largest absolute Gasteiger partial charge is 0.393 e. The number of likely N-dealkylation sites (tertiary alicyclic amines) is 1. The third-order valence-corrected chi connectivity index (χ3v) is 4.38. The zero-order valence-electron chi connectivity index (χ0n) is 9.41. The molecule has 1 saturated heterocycles. The Labute approximate surface area is 92.0 Å². The molecule has 0 spiro atoms. The summed E-state index contributed by atoms with van der Waals surface area (Å²) in [7, 11) is 0. The van der Waals surface area contributed by atoms with Crippen LogP contribution in [0.4, 0.5) is 0 Å². The molecular weight excluding hydrogens is 186 g/mol. The van der Waals surface area contributed by atoms with E-state index in [0.717, 1.165) is 18.9 Å². The van der Waals surface area contributed by atoms with Gasteiger partial charge in [0.1, 0.15) is 0 Å². The minimum absolute atomic E-state index is 0.0407. The summed E-state index contributed by atoms with van der Waals surface area (Å²) < 4.78 is 0. The van der Waals surface area contributed by atoms with E-state index in [2.05, 4.69) is 4.90 Å². The smallest absolute Gasteiger partial charge is 0.0580 e. The van der Waals surface area contributed by atoms with Gasteiger partial charge in [0.2, 0.25) is 0 Å². The van der Waals surface area contributed by atoms with Crippen LogP contribution in [0.25, 0.3) is 0 Å². The molecule has 3 rings (SSSR count). The van der Waals surface area contributed by atoms with E-state index in [1.165, 1.54) is 45.2 Å². The summed E-state index contributed by atoms with van der Waals surface area (Å²) in [4.78, 5) is 2.67. The zero-order valence-corrected chi connectivity index (χ0v) is 9.41. The van der Waals surface area contributed by atoms with E-state index in [9.17, 15) is 5.11 Å². The van der Waals surface area contributed by atoms with Crippen LogP contribution in [0, 0.1) is 0 Å². The zero-order chi connectivity index (χ0) is 10.3. The van der Waals surface area contributed by atoms with Gasteiger partial charge in [-0.05, 0) is 58.0 Å². The summed E-state index contributed by atoms with van der Waals surface area (Å²) in [5.41, 5.74) is 3.29. The minimum Gasteiger partial charge on any atom is -0.393 e. The van der Waals surface area contributed by atoms with Crippen LogP contribution in [-0.2, 0) is 0 Å². The van der Waals surface area contributed by atoms with Crippen molar-refractivity contribution in [1.29, 1.82) is 0 Å². The second-order valence-corrected chi connectivity index (χ2v) is 5.41. The van der Waals surface area contributed by atoms with Crippen LogP contribution in [0.1, 0.15) is 44.9 Å². The van der Waals surface area contributed by atoms with Gasteiger partial charge in [0, 0.05) is 6.04 Å². The highest BCUT2D eigenvalue weighted by atomic mass is 16.3. The van der Waals surface area contributed by atoms with Gasteiger partial charge in [-0.2, -0.15) is 0 Å². The van der Waals surface area contributed by atoms with E-state index in [4.69, 9.17) is 0 Å². The van der Waals surface area contributed by atoms with Crippen LogP contribution in [0.3, 0.4) is 0 Å². The lowest BCUT2D eigenvalue weighted by Gasteiger charge is -2.23. The summed E-state index contributed by atoms with van der Waals surface area (Å²) >= 11 is 0. The first-order valence-corrected chi connectivity index (χ1v) is 6.45. The fourth-order valence-corrected chi connectivity index (χ4v) is 3.53. The maximum absolute atomic E-state index is 9.66. The predicted molar refractivity (Wildman–Crippen MR) is 60.7 cm³/mol. The van der Waals surface area contributed by atoms with Crippen LogP contribution in [0.15, 0.2) is 11.1 Å². The maximum atomic E-state index is 9.66. The van der Waals surface area contributed by atoms with Crippen molar-refractivity contribution < 1.29 is 5.11 Å².